The number of nitrogens with zero attached hydrogens (tertiary/aromatic N) is 3. The van der Waals surface area contributed by atoms with Crippen molar-refractivity contribution in [1.82, 2.24) is 14.9 Å². The maximum atomic E-state index is 6.34. The Morgan fingerprint density at radius 3 is 2.82 bits per heavy atom. The number of hydrogen-bond donors (Lipinski definition) is 0. The van der Waals surface area contributed by atoms with Crippen LogP contribution < -0.4 is 9.47 Å². The van der Waals surface area contributed by atoms with Crippen LogP contribution in [0.1, 0.15) is 6.92 Å². The molecular formula is C20H22ClN3O3S. The first-order valence-corrected chi connectivity index (χ1v) is 10.6. The van der Waals surface area contributed by atoms with Gasteiger partial charge in [-0.05, 0) is 19.1 Å². The maximum absolute atomic E-state index is 6.34. The number of rotatable bonds is 7. The van der Waals surface area contributed by atoms with Gasteiger partial charge in [0.1, 0.15) is 29.4 Å². The van der Waals surface area contributed by atoms with Gasteiger partial charge in [0.05, 0.1) is 29.4 Å². The standard InChI is InChI=1S/C20H22ClN3O3S/c1-2-26-15-6-4-3-5-14(15)18-17(16-19(28-18)20(21)23-13-22-16)27-12-9-24-7-10-25-11-8-24/h3-6,13H,2,7-12H2,1H3. The molecule has 0 saturated carbocycles. The summed E-state index contributed by atoms with van der Waals surface area (Å²) in [5.41, 5.74) is 1.72. The third kappa shape index (κ3) is 4.07. The largest absolute Gasteiger partial charge is 0.493 e. The predicted molar refractivity (Wildman–Crippen MR) is 112 cm³/mol. The molecule has 0 atom stereocenters. The lowest BCUT2D eigenvalue weighted by Gasteiger charge is -2.26. The summed E-state index contributed by atoms with van der Waals surface area (Å²) in [6.45, 7) is 7.39. The Balaban J connectivity index is 1.67. The van der Waals surface area contributed by atoms with Gasteiger partial charge in [-0.3, -0.25) is 4.90 Å². The lowest BCUT2D eigenvalue weighted by atomic mass is 10.1. The second kappa shape index (κ2) is 9.05. The van der Waals surface area contributed by atoms with Crippen LogP contribution in [0.15, 0.2) is 30.6 Å². The summed E-state index contributed by atoms with van der Waals surface area (Å²) in [6.07, 6.45) is 1.48. The first kappa shape index (κ1) is 19.4. The van der Waals surface area contributed by atoms with E-state index in [0.717, 1.165) is 65.0 Å². The first-order valence-electron chi connectivity index (χ1n) is 9.36. The Bertz CT molecular complexity index is 944. The van der Waals surface area contributed by atoms with Crippen molar-refractivity contribution in [1.29, 1.82) is 0 Å². The van der Waals surface area contributed by atoms with E-state index in [2.05, 4.69) is 14.9 Å². The van der Waals surface area contributed by atoms with Gasteiger partial charge in [0.25, 0.3) is 0 Å². The van der Waals surface area contributed by atoms with Crippen LogP contribution in [0.3, 0.4) is 0 Å². The molecule has 0 unspecified atom stereocenters. The van der Waals surface area contributed by atoms with Gasteiger partial charge in [-0.25, -0.2) is 9.97 Å². The van der Waals surface area contributed by atoms with Crippen LogP contribution in [0.2, 0.25) is 5.15 Å². The minimum Gasteiger partial charge on any atom is -0.493 e. The SMILES string of the molecule is CCOc1ccccc1-c1sc2c(Cl)ncnc2c1OCCN1CCOCC1. The highest BCUT2D eigenvalue weighted by Crippen LogP contribution is 2.47. The van der Waals surface area contributed by atoms with Crippen molar-refractivity contribution in [3.8, 4) is 21.9 Å². The van der Waals surface area contributed by atoms with E-state index in [1.807, 2.05) is 31.2 Å². The molecule has 1 aliphatic rings. The number of halogens is 1. The Hall–Kier alpha value is -1.93. The van der Waals surface area contributed by atoms with Crippen molar-refractivity contribution in [3.05, 3.63) is 35.7 Å². The third-order valence-corrected chi connectivity index (χ3v) is 6.17. The Labute approximate surface area is 173 Å². The summed E-state index contributed by atoms with van der Waals surface area (Å²) >= 11 is 7.87. The van der Waals surface area contributed by atoms with Crippen LogP contribution in [-0.2, 0) is 4.74 Å². The Morgan fingerprint density at radius 1 is 1.18 bits per heavy atom. The quantitative estimate of drug-likeness (QED) is 0.537. The summed E-state index contributed by atoms with van der Waals surface area (Å²) in [7, 11) is 0. The molecule has 0 N–H and O–H groups in total. The van der Waals surface area contributed by atoms with E-state index in [1.54, 1.807) is 0 Å². The average molecular weight is 420 g/mol. The minimum atomic E-state index is 0.438. The van der Waals surface area contributed by atoms with Crippen LogP contribution in [0.25, 0.3) is 20.7 Å². The highest BCUT2D eigenvalue weighted by molar-refractivity contribution is 7.23. The summed E-state index contributed by atoms with van der Waals surface area (Å²) in [4.78, 5) is 11.9. The van der Waals surface area contributed by atoms with Crippen molar-refractivity contribution >= 4 is 33.2 Å². The zero-order valence-electron chi connectivity index (χ0n) is 15.7. The molecular weight excluding hydrogens is 398 g/mol. The number of ether oxygens (including phenoxy) is 3. The molecule has 0 spiro atoms. The van der Waals surface area contributed by atoms with Gasteiger partial charge in [0.2, 0.25) is 0 Å². The van der Waals surface area contributed by atoms with Gasteiger partial charge in [-0.15, -0.1) is 11.3 Å². The molecule has 1 aliphatic heterocycles. The van der Waals surface area contributed by atoms with Crippen molar-refractivity contribution in [2.24, 2.45) is 0 Å². The Morgan fingerprint density at radius 2 is 2.00 bits per heavy atom. The number of benzene rings is 1. The lowest BCUT2D eigenvalue weighted by Crippen LogP contribution is -2.38. The second-order valence-corrected chi connectivity index (χ2v) is 7.71. The molecule has 2 aromatic heterocycles. The average Bonchev–Trinajstić information content (AvgIpc) is 3.09. The number of thiophene rings is 1. The number of fused-ring (bicyclic) bond motifs is 1. The summed E-state index contributed by atoms with van der Waals surface area (Å²) in [5, 5.41) is 0.438. The molecule has 3 heterocycles. The predicted octanol–water partition coefficient (Wildman–Crippen LogP) is 4.12. The van der Waals surface area contributed by atoms with E-state index < -0.39 is 0 Å². The molecule has 0 radical (unpaired) electrons. The molecule has 6 nitrogen and oxygen atoms in total. The van der Waals surface area contributed by atoms with Crippen LogP contribution in [0.5, 0.6) is 11.5 Å². The van der Waals surface area contributed by atoms with E-state index in [1.165, 1.54) is 17.7 Å². The van der Waals surface area contributed by atoms with Crippen LogP contribution in [-0.4, -0.2) is 60.9 Å². The smallest absolute Gasteiger partial charge is 0.164 e. The molecule has 1 fully saturated rings. The molecule has 1 saturated heterocycles. The number of aromatic nitrogens is 2. The zero-order chi connectivity index (χ0) is 19.3. The second-order valence-electron chi connectivity index (χ2n) is 6.33. The highest BCUT2D eigenvalue weighted by Gasteiger charge is 2.22. The molecule has 28 heavy (non-hydrogen) atoms. The third-order valence-electron chi connectivity index (χ3n) is 4.57. The summed E-state index contributed by atoms with van der Waals surface area (Å²) < 4.78 is 18.3. The highest BCUT2D eigenvalue weighted by atomic mass is 35.5. The number of morpholine rings is 1. The molecule has 0 aliphatic carbocycles. The number of para-hydroxylation sites is 1. The van der Waals surface area contributed by atoms with Gasteiger partial charge in [-0.1, -0.05) is 23.7 Å². The fourth-order valence-electron chi connectivity index (χ4n) is 3.21. The van der Waals surface area contributed by atoms with Crippen molar-refractivity contribution in [2.75, 3.05) is 46.1 Å². The maximum Gasteiger partial charge on any atom is 0.164 e. The van der Waals surface area contributed by atoms with Gasteiger partial charge < -0.3 is 14.2 Å². The van der Waals surface area contributed by atoms with Crippen LogP contribution >= 0.6 is 22.9 Å². The monoisotopic (exact) mass is 419 g/mol. The van der Waals surface area contributed by atoms with E-state index in [0.29, 0.717) is 18.4 Å². The molecule has 0 amide bonds. The van der Waals surface area contributed by atoms with Gasteiger partial charge in [-0.2, -0.15) is 0 Å². The molecule has 1 aromatic carbocycles. The molecule has 0 bridgehead atoms. The van der Waals surface area contributed by atoms with Crippen molar-refractivity contribution in [2.45, 2.75) is 6.92 Å². The van der Waals surface area contributed by atoms with Gasteiger partial charge >= 0.3 is 0 Å². The summed E-state index contributed by atoms with van der Waals surface area (Å²) in [5.74, 6) is 1.56. The Kier molecular flexibility index (Phi) is 6.26. The van der Waals surface area contributed by atoms with Crippen LogP contribution in [0.4, 0.5) is 0 Å². The van der Waals surface area contributed by atoms with Gasteiger partial charge in [0, 0.05) is 25.2 Å². The lowest BCUT2D eigenvalue weighted by molar-refractivity contribution is 0.0324. The van der Waals surface area contributed by atoms with Crippen molar-refractivity contribution in [3.63, 3.8) is 0 Å². The fourth-order valence-corrected chi connectivity index (χ4v) is 4.57. The molecule has 4 rings (SSSR count). The van der Waals surface area contributed by atoms with E-state index in [4.69, 9.17) is 25.8 Å². The van der Waals surface area contributed by atoms with Gasteiger partial charge in [0.15, 0.2) is 5.75 Å². The fraction of sp³-hybridized carbons (Fsp3) is 0.400. The topological polar surface area (TPSA) is 56.7 Å². The van der Waals surface area contributed by atoms with Crippen LogP contribution in [0, 0.1) is 0 Å². The van der Waals surface area contributed by atoms with E-state index >= 15 is 0 Å². The molecule has 148 valence electrons. The van der Waals surface area contributed by atoms with E-state index in [9.17, 15) is 0 Å². The van der Waals surface area contributed by atoms with Crippen molar-refractivity contribution < 1.29 is 14.2 Å². The first-order chi connectivity index (χ1) is 13.8. The zero-order valence-corrected chi connectivity index (χ0v) is 17.3. The molecule has 8 heteroatoms. The summed E-state index contributed by atoms with van der Waals surface area (Å²) in [6, 6.07) is 7.96. The normalized spacial score (nSPS) is 15.1. The number of hydrogen-bond acceptors (Lipinski definition) is 7. The molecule has 3 aromatic rings. The van der Waals surface area contributed by atoms with E-state index in [-0.39, 0.29) is 0 Å². The minimum absolute atomic E-state index is 0.438.